The van der Waals surface area contributed by atoms with Crippen LogP contribution in [-0.2, 0) is 13.0 Å². The molecule has 5 nitrogen and oxygen atoms in total. The monoisotopic (exact) mass is 420 g/mol. The van der Waals surface area contributed by atoms with E-state index in [2.05, 4.69) is 21.7 Å². The molecular weight excluding hydrogens is 395 g/mol. The first-order valence-corrected chi connectivity index (χ1v) is 9.21. The molecule has 1 aromatic carbocycles. The Hall–Kier alpha value is -2.08. The molecule has 1 amide bonds. The molecule has 0 spiro atoms. The van der Waals surface area contributed by atoms with Crippen LogP contribution >= 0.6 is 24.8 Å². The van der Waals surface area contributed by atoms with Crippen molar-refractivity contribution >= 4 is 36.4 Å². The summed E-state index contributed by atoms with van der Waals surface area (Å²) in [5, 5.41) is 6.42. The molecule has 3 heterocycles. The lowest BCUT2D eigenvalue weighted by Gasteiger charge is -2.13. The highest BCUT2D eigenvalue weighted by molar-refractivity contribution is 5.95. The maximum atomic E-state index is 12.7. The molecule has 0 radical (unpaired) electrons. The Balaban J connectivity index is 0.00000140. The number of imidazole rings is 1. The molecule has 1 aliphatic rings. The second-order valence-corrected chi connectivity index (χ2v) is 7.06. The molecule has 2 N–H and O–H groups in total. The fourth-order valence-electron chi connectivity index (χ4n) is 3.68. The normalized spacial score (nSPS) is 15.7. The Labute approximate surface area is 177 Å². The van der Waals surface area contributed by atoms with Crippen molar-refractivity contribution in [1.29, 1.82) is 0 Å². The Morgan fingerprint density at radius 2 is 2.07 bits per heavy atom. The highest BCUT2D eigenvalue weighted by atomic mass is 35.5. The third-order valence-electron chi connectivity index (χ3n) is 5.09. The number of rotatable bonds is 5. The predicted molar refractivity (Wildman–Crippen MR) is 117 cm³/mol. The van der Waals surface area contributed by atoms with Gasteiger partial charge in [-0.3, -0.25) is 4.79 Å². The molecule has 1 fully saturated rings. The van der Waals surface area contributed by atoms with Gasteiger partial charge >= 0.3 is 0 Å². The number of benzene rings is 1. The van der Waals surface area contributed by atoms with Crippen LogP contribution in [0.4, 0.5) is 0 Å². The second-order valence-electron chi connectivity index (χ2n) is 7.06. The van der Waals surface area contributed by atoms with E-state index in [1.165, 1.54) is 6.42 Å². The summed E-state index contributed by atoms with van der Waals surface area (Å²) in [6, 6.07) is 12.0. The third kappa shape index (κ3) is 4.85. The number of aromatic nitrogens is 2. The van der Waals surface area contributed by atoms with Gasteiger partial charge in [0.1, 0.15) is 5.65 Å². The molecule has 0 aliphatic carbocycles. The molecule has 1 atom stereocenters. The van der Waals surface area contributed by atoms with Crippen molar-refractivity contribution in [2.75, 3.05) is 13.1 Å². The Morgan fingerprint density at radius 1 is 1.25 bits per heavy atom. The number of carbonyl (C=O) groups excluding carboxylic acids is 1. The summed E-state index contributed by atoms with van der Waals surface area (Å²) in [5.41, 5.74) is 4.83. The molecule has 0 bridgehead atoms. The van der Waals surface area contributed by atoms with E-state index >= 15 is 0 Å². The van der Waals surface area contributed by atoms with Gasteiger partial charge in [0, 0.05) is 18.0 Å². The Bertz CT molecular complexity index is 935. The van der Waals surface area contributed by atoms with E-state index in [-0.39, 0.29) is 30.7 Å². The molecule has 1 aliphatic heterocycles. The maximum absolute atomic E-state index is 12.7. The quantitative estimate of drug-likeness (QED) is 0.662. The van der Waals surface area contributed by atoms with Gasteiger partial charge in [-0.2, -0.15) is 0 Å². The van der Waals surface area contributed by atoms with E-state index < -0.39 is 0 Å². The van der Waals surface area contributed by atoms with Crippen molar-refractivity contribution in [2.24, 2.45) is 5.92 Å². The van der Waals surface area contributed by atoms with E-state index in [4.69, 9.17) is 0 Å². The summed E-state index contributed by atoms with van der Waals surface area (Å²) in [4.78, 5) is 17.4. The number of pyridine rings is 1. The van der Waals surface area contributed by atoms with Gasteiger partial charge in [0.15, 0.2) is 0 Å². The largest absolute Gasteiger partial charge is 0.346 e. The van der Waals surface area contributed by atoms with Crippen LogP contribution < -0.4 is 10.6 Å². The summed E-state index contributed by atoms with van der Waals surface area (Å²) < 4.78 is 2.00. The number of hydrogen-bond acceptors (Lipinski definition) is 3. The van der Waals surface area contributed by atoms with Crippen molar-refractivity contribution in [3.63, 3.8) is 0 Å². The van der Waals surface area contributed by atoms with Crippen LogP contribution in [0, 0.1) is 12.8 Å². The lowest BCUT2D eigenvalue weighted by Crippen LogP contribution is -2.24. The van der Waals surface area contributed by atoms with Crippen LogP contribution in [0.15, 0.2) is 48.8 Å². The Kier molecular flexibility index (Phi) is 7.87. The zero-order valence-corrected chi connectivity index (χ0v) is 17.5. The Morgan fingerprint density at radius 3 is 2.82 bits per heavy atom. The van der Waals surface area contributed by atoms with Crippen molar-refractivity contribution in [3.05, 3.63) is 71.2 Å². The van der Waals surface area contributed by atoms with Gasteiger partial charge in [0.05, 0.1) is 12.2 Å². The average molecular weight is 421 g/mol. The van der Waals surface area contributed by atoms with Crippen LogP contribution in [0.2, 0.25) is 0 Å². The molecule has 1 unspecified atom stereocenters. The van der Waals surface area contributed by atoms with Crippen molar-refractivity contribution in [3.8, 4) is 0 Å². The molecule has 0 saturated carbocycles. The predicted octanol–water partition coefficient (Wildman–Crippen LogP) is 3.57. The second kappa shape index (κ2) is 9.92. The first-order valence-electron chi connectivity index (χ1n) is 9.21. The summed E-state index contributed by atoms with van der Waals surface area (Å²) in [6.45, 7) is 4.58. The van der Waals surface area contributed by atoms with Gasteiger partial charge in [0.25, 0.3) is 5.91 Å². The number of nitrogens with one attached hydrogen (secondary N) is 2. The average Bonchev–Trinajstić information content (AvgIpc) is 3.30. The minimum atomic E-state index is -0.0275. The molecular formula is C21H26Cl2N4O. The lowest BCUT2D eigenvalue weighted by atomic mass is 9.94. The molecule has 3 aromatic rings. The van der Waals surface area contributed by atoms with Gasteiger partial charge in [-0.25, -0.2) is 4.98 Å². The molecule has 2 aromatic heterocycles. The minimum absolute atomic E-state index is 0. The first kappa shape index (κ1) is 22.2. The zero-order valence-electron chi connectivity index (χ0n) is 15.9. The zero-order chi connectivity index (χ0) is 17.9. The highest BCUT2D eigenvalue weighted by Crippen LogP contribution is 2.18. The highest BCUT2D eigenvalue weighted by Gasteiger charge is 2.18. The molecule has 7 heteroatoms. The van der Waals surface area contributed by atoms with Crippen LogP contribution in [0.3, 0.4) is 0 Å². The SMILES string of the molecule is Cc1cccn2cc(CNC(=O)c3ccccc3CC3CCNC3)nc12.Cl.Cl. The summed E-state index contributed by atoms with van der Waals surface area (Å²) in [6.07, 6.45) is 6.07. The topological polar surface area (TPSA) is 58.4 Å². The van der Waals surface area contributed by atoms with Gasteiger partial charge in [-0.15, -0.1) is 24.8 Å². The van der Waals surface area contributed by atoms with Crippen molar-refractivity contribution < 1.29 is 4.79 Å². The van der Waals surface area contributed by atoms with E-state index in [1.54, 1.807) is 0 Å². The van der Waals surface area contributed by atoms with Gasteiger partial charge in [0.2, 0.25) is 0 Å². The number of nitrogens with zero attached hydrogens (tertiary/aromatic N) is 2. The number of aryl methyl sites for hydroxylation is 1. The maximum Gasteiger partial charge on any atom is 0.251 e. The number of carbonyl (C=O) groups is 1. The van der Waals surface area contributed by atoms with Crippen LogP contribution in [0.5, 0.6) is 0 Å². The number of hydrogen-bond donors (Lipinski definition) is 2. The molecule has 150 valence electrons. The number of fused-ring (bicyclic) bond motifs is 1. The van der Waals surface area contributed by atoms with Crippen LogP contribution in [0.25, 0.3) is 5.65 Å². The van der Waals surface area contributed by atoms with E-state index in [0.717, 1.165) is 47.5 Å². The lowest BCUT2D eigenvalue weighted by molar-refractivity contribution is 0.0949. The van der Waals surface area contributed by atoms with E-state index in [0.29, 0.717) is 12.5 Å². The summed E-state index contributed by atoms with van der Waals surface area (Å²) in [5.74, 6) is 0.589. The smallest absolute Gasteiger partial charge is 0.251 e. The molecule has 1 saturated heterocycles. The fourth-order valence-corrected chi connectivity index (χ4v) is 3.68. The van der Waals surface area contributed by atoms with Gasteiger partial charge in [-0.05, 0) is 62.0 Å². The van der Waals surface area contributed by atoms with E-state index in [9.17, 15) is 4.79 Å². The van der Waals surface area contributed by atoms with Crippen LogP contribution in [0.1, 0.15) is 33.6 Å². The molecule has 28 heavy (non-hydrogen) atoms. The third-order valence-corrected chi connectivity index (χ3v) is 5.09. The number of amides is 1. The van der Waals surface area contributed by atoms with Crippen molar-refractivity contribution in [1.82, 2.24) is 20.0 Å². The van der Waals surface area contributed by atoms with Crippen molar-refractivity contribution in [2.45, 2.75) is 26.3 Å². The van der Waals surface area contributed by atoms with Gasteiger partial charge in [-0.1, -0.05) is 24.3 Å². The standard InChI is InChI=1S/C21H24N4O.2ClH/c1-15-5-4-10-25-14-18(24-20(15)25)13-23-21(26)19-7-3-2-6-17(19)11-16-8-9-22-12-16;;/h2-7,10,14,16,22H,8-9,11-13H2,1H3,(H,23,26);2*1H. The van der Waals surface area contributed by atoms with Crippen LogP contribution in [-0.4, -0.2) is 28.4 Å². The number of halogens is 2. The fraction of sp³-hybridized carbons (Fsp3) is 0.333. The van der Waals surface area contributed by atoms with E-state index in [1.807, 2.05) is 54.0 Å². The summed E-state index contributed by atoms with van der Waals surface area (Å²) >= 11 is 0. The minimum Gasteiger partial charge on any atom is -0.346 e. The first-order chi connectivity index (χ1) is 12.7. The molecule has 4 rings (SSSR count). The summed E-state index contributed by atoms with van der Waals surface area (Å²) in [7, 11) is 0. The van der Waals surface area contributed by atoms with Gasteiger partial charge < -0.3 is 15.0 Å².